The van der Waals surface area contributed by atoms with Gasteiger partial charge in [0.05, 0.1) is 17.4 Å². The molecule has 0 aliphatic carbocycles. The zero-order valence-corrected chi connectivity index (χ0v) is 14.5. The van der Waals surface area contributed by atoms with E-state index in [1.165, 1.54) is 0 Å². The molecule has 0 aromatic heterocycles. The van der Waals surface area contributed by atoms with Crippen molar-refractivity contribution in [2.75, 3.05) is 5.75 Å². The second-order valence-corrected chi connectivity index (χ2v) is 7.83. The van der Waals surface area contributed by atoms with E-state index in [0.29, 0.717) is 6.07 Å². The van der Waals surface area contributed by atoms with Gasteiger partial charge in [0.25, 0.3) is 6.43 Å². The zero-order chi connectivity index (χ0) is 19.6. The van der Waals surface area contributed by atoms with E-state index < -0.39 is 61.6 Å². The van der Waals surface area contributed by atoms with Crippen LogP contribution in [0.3, 0.4) is 0 Å². The Hall–Kier alpha value is -2.13. The Bertz CT molecular complexity index is 868. The number of alkyl halides is 2. The summed E-state index contributed by atoms with van der Waals surface area (Å²) in [6.45, 7) is 4.44. The standard InChI is InChI=1S/C17H16F4O4S/c1-3-14(25-12-7-10(18)6-11(19)8-12)16(17(20)21)15-9(2)26(23,24)5-4-13(15)22/h3,6-8,13,17,22H,1,4-5H2,2H3/b16-14-. The van der Waals surface area contributed by atoms with Gasteiger partial charge in [0.2, 0.25) is 0 Å². The molecular formula is C17H16F4O4S. The summed E-state index contributed by atoms with van der Waals surface area (Å²) in [5.41, 5.74) is -1.38. The molecule has 0 bridgehead atoms. The lowest BCUT2D eigenvalue weighted by Gasteiger charge is -2.26. The van der Waals surface area contributed by atoms with Crippen molar-refractivity contribution in [1.29, 1.82) is 0 Å². The molecule has 142 valence electrons. The third-order valence-corrected chi connectivity index (χ3v) is 5.79. The monoisotopic (exact) mass is 392 g/mol. The van der Waals surface area contributed by atoms with E-state index in [1.54, 1.807) is 0 Å². The van der Waals surface area contributed by atoms with Crippen LogP contribution < -0.4 is 4.74 Å². The fourth-order valence-electron chi connectivity index (χ4n) is 2.61. The van der Waals surface area contributed by atoms with Crippen LogP contribution >= 0.6 is 0 Å². The highest BCUT2D eigenvalue weighted by molar-refractivity contribution is 7.95. The fraction of sp³-hybridized carbons (Fsp3) is 0.294. The van der Waals surface area contributed by atoms with E-state index >= 15 is 0 Å². The van der Waals surface area contributed by atoms with E-state index in [-0.39, 0.29) is 12.2 Å². The highest BCUT2D eigenvalue weighted by atomic mass is 32.2. The van der Waals surface area contributed by atoms with E-state index in [0.717, 1.165) is 25.1 Å². The van der Waals surface area contributed by atoms with E-state index in [1.807, 2.05) is 0 Å². The first-order chi connectivity index (χ1) is 12.1. The number of benzene rings is 1. The van der Waals surface area contributed by atoms with Crippen molar-refractivity contribution < 1.29 is 35.8 Å². The second-order valence-electron chi connectivity index (χ2n) is 5.58. The number of rotatable bonds is 5. The number of aliphatic hydroxyl groups is 1. The number of hydrogen-bond acceptors (Lipinski definition) is 4. The van der Waals surface area contributed by atoms with Crippen LogP contribution in [0.4, 0.5) is 17.6 Å². The minimum absolute atomic E-state index is 0.260. The number of allylic oxidation sites excluding steroid dienone is 2. The average molecular weight is 392 g/mol. The molecule has 1 unspecified atom stereocenters. The fourth-order valence-corrected chi connectivity index (χ4v) is 4.04. The molecule has 1 aromatic rings. The molecule has 4 nitrogen and oxygen atoms in total. The van der Waals surface area contributed by atoms with Gasteiger partial charge in [-0.2, -0.15) is 0 Å². The van der Waals surface area contributed by atoms with E-state index in [2.05, 4.69) is 6.58 Å². The summed E-state index contributed by atoms with van der Waals surface area (Å²) in [6, 6.07) is 2.11. The number of hydrogen-bond donors (Lipinski definition) is 1. The molecule has 9 heteroatoms. The predicted molar refractivity (Wildman–Crippen MR) is 87.3 cm³/mol. The Labute approximate surface area is 148 Å². The first kappa shape index (κ1) is 20.2. The van der Waals surface area contributed by atoms with Gasteiger partial charge in [-0.3, -0.25) is 0 Å². The second kappa shape index (κ2) is 7.63. The topological polar surface area (TPSA) is 63.6 Å². The molecule has 2 rings (SSSR count). The maximum Gasteiger partial charge on any atom is 0.267 e. The third kappa shape index (κ3) is 4.16. The van der Waals surface area contributed by atoms with Crippen LogP contribution in [0, 0.1) is 11.6 Å². The number of aliphatic hydroxyl groups excluding tert-OH is 1. The van der Waals surface area contributed by atoms with Gasteiger partial charge in [-0.25, -0.2) is 26.0 Å². The summed E-state index contributed by atoms with van der Waals surface area (Å²) in [7, 11) is -3.81. The van der Waals surface area contributed by atoms with Crippen molar-refractivity contribution in [2.45, 2.75) is 25.9 Å². The lowest BCUT2D eigenvalue weighted by molar-refractivity contribution is 0.165. The first-order valence-electron chi connectivity index (χ1n) is 7.47. The quantitative estimate of drug-likeness (QED) is 0.473. The predicted octanol–water partition coefficient (Wildman–Crippen LogP) is 3.50. The maximum absolute atomic E-state index is 13.7. The van der Waals surface area contributed by atoms with Crippen LogP contribution in [0.15, 0.2) is 52.7 Å². The van der Waals surface area contributed by atoms with Gasteiger partial charge in [-0.1, -0.05) is 6.58 Å². The van der Waals surface area contributed by atoms with Crippen LogP contribution in [0.2, 0.25) is 0 Å². The molecule has 1 N–H and O–H groups in total. The summed E-state index contributed by atoms with van der Waals surface area (Å²) >= 11 is 0. The summed E-state index contributed by atoms with van der Waals surface area (Å²) < 4.78 is 83.2. The molecule has 1 aliphatic heterocycles. The molecule has 1 heterocycles. The molecular weight excluding hydrogens is 376 g/mol. The molecule has 1 aromatic carbocycles. The smallest absolute Gasteiger partial charge is 0.267 e. The van der Waals surface area contributed by atoms with Gasteiger partial charge in [0, 0.05) is 28.7 Å². The van der Waals surface area contributed by atoms with Gasteiger partial charge in [-0.15, -0.1) is 0 Å². The highest BCUT2D eigenvalue weighted by Crippen LogP contribution is 2.35. The van der Waals surface area contributed by atoms with Crippen LogP contribution in [0.25, 0.3) is 0 Å². The number of halogens is 4. The molecule has 0 amide bonds. The normalized spacial score (nSPS) is 20.8. The molecule has 0 spiro atoms. The van der Waals surface area contributed by atoms with E-state index in [9.17, 15) is 31.1 Å². The molecule has 0 saturated heterocycles. The average Bonchev–Trinajstić information content (AvgIpc) is 2.52. The SMILES string of the molecule is C=C/C(Oc1cc(F)cc(F)c1)=C(\C1=C(C)S(=O)(=O)CCC1O)C(F)F. The Balaban J connectivity index is 2.66. The van der Waals surface area contributed by atoms with Gasteiger partial charge in [0.15, 0.2) is 9.84 Å². The van der Waals surface area contributed by atoms with Crippen LogP contribution in [-0.2, 0) is 9.84 Å². The van der Waals surface area contributed by atoms with Crippen molar-refractivity contribution in [2.24, 2.45) is 0 Å². The van der Waals surface area contributed by atoms with Crippen molar-refractivity contribution in [1.82, 2.24) is 0 Å². The van der Waals surface area contributed by atoms with Gasteiger partial charge < -0.3 is 9.84 Å². The summed E-state index contributed by atoms with van der Waals surface area (Å²) in [5, 5.41) is 10.1. The Morgan fingerprint density at radius 3 is 2.38 bits per heavy atom. The summed E-state index contributed by atoms with van der Waals surface area (Å²) in [4.78, 5) is -0.403. The molecule has 26 heavy (non-hydrogen) atoms. The van der Waals surface area contributed by atoms with E-state index in [4.69, 9.17) is 4.74 Å². The summed E-state index contributed by atoms with van der Waals surface area (Å²) in [6.07, 6.45) is -4.08. The number of sulfone groups is 1. The first-order valence-corrected chi connectivity index (χ1v) is 9.12. The van der Waals surface area contributed by atoms with Crippen LogP contribution in [-0.4, -0.2) is 31.8 Å². The zero-order valence-electron chi connectivity index (χ0n) is 13.7. The van der Waals surface area contributed by atoms with Crippen molar-refractivity contribution in [3.8, 4) is 5.75 Å². The van der Waals surface area contributed by atoms with Crippen LogP contribution in [0.5, 0.6) is 5.75 Å². The third-order valence-electron chi connectivity index (χ3n) is 3.86. The van der Waals surface area contributed by atoms with Gasteiger partial charge in [0.1, 0.15) is 23.1 Å². The lowest BCUT2D eigenvalue weighted by Crippen LogP contribution is -2.29. The van der Waals surface area contributed by atoms with Gasteiger partial charge >= 0.3 is 0 Å². The highest BCUT2D eigenvalue weighted by Gasteiger charge is 2.36. The van der Waals surface area contributed by atoms with Crippen LogP contribution in [0.1, 0.15) is 13.3 Å². The minimum Gasteiger partial charge on any atom is -0.457 e. The Morgan fingerprint density at radius 2 is 1.88 bits per heavy atom. The Kier molecular flexibility index (Phi) is 5.92. The van der Waals surface area contributed by atoms with Crippen molar-refractivity contribution in [3.05, 3.63) is 64.3 Å². The number of ether oxygens (including phenoxy) is 1. The maximum atomic E-state index is 13.7. The molecule has 1 aliphatic rings. The minimum atomic E-state index is -3.81. The van der Waals surface area contributed by atoms with Crippen molar-refractivity contribution in [3.63, 3.8) is 0 Å². The largest absolute Gasteiger partial charge is 0.457 e. The summed E-state index contributed by atoms with van der Waals surface area (Å²) in [5.74, 6) is -3.37. The molecule has 1 atom stereocenters. The molecule has 0 radical (unpaired) electrons. The lowest BCUT2D eigenvalue weighted by atomic mass is 9.96. The Morgan fingerprint density at radius 1 is 1.31 bits per heavy atom. The van der Waals surface area contributed by atoms with Gasteiger partial charge in [-0.05, 0) is 19.4 Å². The molecule has 0 saturated carbocycles. The molecule has 0 fully saturated rings. The van der Waals surface area contributed by atoms with Crippen molar-refractivity contribution >= 4 is 9.84 Å².